The fourth-order valence-corrected chi connectivity index (χ4v) is 3.31. The lowest BCUT2D eigenvalue weighted by Gasteiger charge is -2.23. The molecule has 112 valence electrons. The predicted octanol–water partition coefficient (Wildman–Crippen LogP) is 2.69. The molecule has 0 aromatic carbocycles. The van der Waals surface area contributed by atoms with Crippen molar-refractivity contribution < 1.29 is 9.53 Å². The maximum atomic E-state index is 12.2. The first kappa shape index (κ1) is 15.5. The van der Waals surface area contributed by atoms with E-state index in [0.717, 1.165) is 19.4 Å². The van der Waals surface area contributed by atoms with Crippen molar-refractivity contribution in [2.24, 2.45) is 0 Å². The van der Waals surface area contributed by atoms with Gasteiger partial charge >= 0.3 is 0 Å². The molecule has 1 amide bonds. The molecule has 1 aliphatic heterocycles. The first-order chi connectivity index (χ1) is 9.63. The summed E-state index contributed by atoms with van der Waals surface area (Å²) in [4.78, 5) is 16.6. The molecule has 20 heavy (non-hydrogen) atoms. The lowest BCUT2D eigenvalue weighted by molar-refractivity contribution is -0.130. The highest BCUT2D eigenvalue weighted by molar-refractivity contribution is 7.12. The van der Waals surface area contributed by atoms with Crippen molar-refractivity contribution >= 4 is 17.2 Å². The van der Waals surface area contributed by atoms with Crippen LogP contribution in [0, 0.1) is 6.92 Å². The normalized spacial score (nSPS) is 22.8. The molecule has 0 aliphatic carbocycles. The average molecular weight is 296 g/mol. The molecule has 1 aromatic heterocycles. The first-order valence-electron chi connectivity index (χ1n) is 7.34. The highest BCUT2D eigenvalue weighted by atomic mass is 32.1. The van der Waals surface area contributed by atoms with Crippen molar-refractivity contribution in [2.45, 2.75) is 45.8 Å². The standard InChI is InChI=1S/C15H24N2O2S/c1-4-5-9-19-10-8-17-14(16-12(3)15(17)18)13-7-6-11(2)20-13/h6-7,12,14,16H,4-5,8-10H2,1-3H3. The molecule has 0 saturated carbocycles. The van der Waals surface area contributed by atoms with E-state index in [4.69, 9.17) is 4.74 Å². The molecule has 0 radical (unpaired) electrons. The number of amides is 1. The average Bonchev–Trinajstić information content (AvgIpc) is 2.96. The Bertz CT molecular complexity index is 447. The largest absolute Gasteiger partial charge is 0.380 e. The summed E-state index contributed by atoms with van der Waals surface area (Å²) in [5, 5.41) is 3.37. The Hall–Kier alpha value is -0.910. The summed E-state index contributed by atoms with van der Waals surface area (Å²) < 4.78 is 5.59. The fourth-order valence-electron chi connectivity index (χ4n) is 2.36. The van der Waals surface area contributed by atoms with Crippen LogP contribution in [0.4, 0.5) is 0 Å². The number of rotatable bonds is 7. The number of nitrogens with zero attached hydrogens (tertiary/aromatic N) is 1. The number of carbonyl (C=O) groups is 1. The van der Waals surface area contributed by atoms with Gasteiger partial charge < -0.3 is 9.64 Å². The molecule has 5 heteroatoms. The smallest absolute Gasteiger partial charge is 0.241 e. The summed E-state index contributed by atoms with van der Waals surface area (Å²) >= 11 is 1.74. The van der Waals surface area contributed by atoms with E-state index in [2.05, 4.69) is 31.3 Å². The quantitative estimate of drug-likeness (QED) is 0.787. The van der Waals surface area contributed by atoms with Gasteiger partial charge in [-0.25, -0.2) is 0 Å². The summed E-state index contributed by atoms with van der Waals surface area (Å²) in [6.07, 6.45) is 2.22. The van der Waals surface area contributed by atoms with E-state index in [9.17, 15) is 4.79 Å². The second-order valence-electron chi connectivity index (χ2n) is 5.24. The summed E-state index contributed by atoms with van der Waals surface area (Å²) in [6, 6.07) is 4.09. The van der Waals surface area contributed by atoms with Crippen molar-refractivity contribution in [1.29, 1.82) is 0 Å². The van der Waals surface area contributed by atoms with E-state index in [0.29, 0.717) is 13.2 Å². The number of ether oxygens (including phenoxy) is 1. The molecule has 1 aromatic rings. The molecular formula is C15H24N2O2S. The minimum atomic E-state index is -0.113. The number of hydrogen-bond donors (Lipinski definition) is 1. The van der Waals surface area contributed by atoms with Crippen LogP contribution < -0.4 is 5.32 Å². The Kier molecular flexibility index (Phi) is 5.57. The summed E-state index contributed by atoms with van der Waals surface area (Å²) in [6.45, 7) is 8.21. The minimum Gasteiger partial charge on any atom is -0.380 e. The fraction of sp³-hybridized carbons (Fsp3) is 0.667. The van der Waals surface area contributed by atoms with Gasteiger partial charge in [0.05, 0.1) is 12.6 Å². The zero-order valence-electron chi connectivity index (χ0n) is 12.5. The van der Waals surface area contributed by atoms with Crippen LogP contribution in [0.3, 0.4) is 0 Å². The molecule has 2 atom stereocenters. The maximum Gasteiger partial charge on any atom is 0.241 e. The highest BCUT2D eigenvalue weighted by Gasteiger charge is 2.37. The van der Waals surface area contributed by atoms with Crippen molar-refractivity contribution in [3.8, 4) is 0 Å². The van der Waals surface area contributed by atoms with E-state index < -0.39 is 0 Å². The minimum absolute atomic E-state index is 0.00553. The first-order valence-corrected chi connectivity index (χ1v) is 8.15. The van der Waals surface area contributed by atoms with Crippen LogP contribution in [-0.4, -0.2) is 36.6 Å². The van der Waals surface area contributed by atoms with Crippen molar-refractivity contribution in [1.82, 2.24) is 10.2 Å². The van der Waals surface area contributed by atoms with Gasteiger partial charge in [-0.3, -0.25) is 10.1 Å². The molecule has 1 saturated heterocycles. The van der Waals surface area contributed by atoms with Crippen LogP contribution in [-0.2, 0) is 9.53 Å². The molecule has 2 rings (SSSR count). The van der Waals surface area contributed by atoms with Gasteiger partial charge in [0, 0.05) is 22.9 Å². The van der Waals surface area contributed by atoms with Crippen molar-refractivity contribution in [3.05, 3.63) is 21.9 Å². The van der Waals surface area contributed by atoms with Crippen LogP contribution in [0.5, 0.6) is 0 Å². The Labute approximate surface area is 125 Å². The van der Waals surface area contributed by atoms with E-state index in [1.165, 1.54) is 9.75 Å². The molecule has 1 fully saturated rings. The van der Waals surface area contributed by atoms with Gasteiger partial charge in [-0.2, -0.15) is 0 Å². The molecule has 2 heterocycles. The van der Waals surface area contributed by atoms with Crippen molar-refractivity contribution in [3.63, 3.8) is 0 Å². The summed E-state index contributed by atoms with van der Waals surface area (Å²) in [5.74, 6) is 0.167. The predicted molar refractivity (Wildman–Crippen MR) is 81.8 cm³/mol. The second-order valence-corrected chi connectivity index (χ2v) is 6.56. The number of carbonyl (C=O) groups excluding carboxylic acids is 1. The molecule has 0 spiro atoms. The van der Waals surface area contributed by atoms with E-state index in [1.807, 2.05) is 11.8 Å². The topological polar surface area (TPSA) is 41.6 Å². The lowest BCUT2D eigenvalue weighted by atomic mass is 10.3. The van der Waals surface area contributed by atoms with Gasteiger partial charge in [0.1, 0.15) is 6.17 Å². The molecule has 4 nitrogen and oxygen atoms in total. The maximum absolute atomic E-state index is 12.2. The number of aryl methyl sites for hydroxylation is 1. The zero-order valence-corrected chi connectivity index (χ0v) is 13.3. The highest BCUT2D eigenvalue weighted by Crippen LogP contribution is 2.30. The van der Waals surface area contributed by atoms with Gasteiger partial charge in [-0.05, 0) is 32.4 Å². The van der Waals surface area contributed by atoms with Crippen LogP contribution in [0.25, 0.3) is 0 Å². The SMILES string of the molecule is CCCCOCCN1C(=O)C(C)NC1c1ccc(C)s1. The second kappa shape index (κ2) is 7.20. The molecule has 1 N–H and O–H groups in total. The Morgan fingerprint density at radius 3 is 2.85 bits per heavy atom. The number of thiophene rings is 1. The van der Waals surface area contributed by atoms with E-state index >= 15 is 0 Å². The molecular weight excluding hydrogens is 272 g/mol. The van der Waals surface area contributed by atoms with Gasteiger partial charge in [0.15, 0.2) is 0 Å². The monoisotopic (exact) mass is 296 g/mol. The number of nitrogens with one attached hydrogen (secondary N) is 1. The molecule has 1 aliphatic rings. The van der Waals surface area contributed by atoms with Gasteiger partial charge in [0.2, 0.25) is 5.91 Å². The third kappa shape index (κ3) is 3.59. The van der Waals surface area contributed by atoms with Crippen LogP contribution >= 0.6 is 11.3 Å². The van der Waals surface area contributed by atoms with Gasteiger partial charge in [-0.1, -0.05) is 13.3 Å². The molecule has 2 unspecified atom stereocenters. The van der Waals surface area contributed by atoms with Gasteiger partial charge in [-0.15, -0.1) is 11.3 Å². The van der Waals surface area contributed by atoms with Crippen LogP contribution in [0.1, 0.15) is 42.6 Å². The third-order valence-corrected chi connectivity index (χ3v) is 4.58. The third-order valence-electron chi connectivity index (χ3n) is 3.52. The number of unbranched alkanes of at least 4 members (excludes halogenated alkanes) is 1. The van der Waals surface area contributed by atoms with Crippen LogP contribution in [0.2, 0.25) is 0 Å². The summed E-state index contributed by atoms with van der Waals surface area (Å²) in [5.41, 5.74) is 0. The molecule has 0 bridgehead atoms. The van der Waals surface area contributed by atoms with Gasteiger partial charge in [0.25, 0.3) is 0 Å². The van der Waals surface area contributed by atoms with Crippen LogP contribution in [0.15, 0.2) is 12.1 Å². The van der Waals surface area contributed by atoms with E-state index in [1.54, 1.807) is 11.3 Å². The zero-order chi connectivity index (χ0) is 14.5. The lowest BCUT2D eigenvalue weighted by Crippen LogP contribution is -2.33. The van der Waals surface area contributed by atoms with Crippen molar-refractivity contribution in [2.75, 3.05) is 19.8 Å². The number of hydrogen-bond acceptors (Lipinski definition) is 4. The Morgan fingerprint density at radius 1 is 1.40 bits per heavy atom. The van der Waals surface area contributed by atoms with E-state index in [-0.39, 0.29) is 18.1 Å². The Morgan fingerprint density at radius 2 is 2.20 bits per heavy atom. The summed E-state index contributed by atoms with van der Waals surface area (Å²) in [7, 11) is 0. The Balaban J connectivity index is 1.94.